The molecule has 3 nitrogen and oxygen atoms in total. The summed E-state index contributed by atoms with van der Waals surface area (Å²) in [5, 5.41) is 10.6. The van der Waals surface area contributed by atoms with Crippen molar-refractivity contribution in [1.82, 2.24) is 0 Å². The minimum Gasteiger partial charge on any atom is -0.258 e. The Morgan fingerprint density at radius 2 is 1.74 bits per heavy atom. The zero-order valence-corrected chi connectivity index (χ0v) is 11.7. The number of thioether (sulfide) groups is 1. The van der Waals surface area contributed by atoms with E-state index in [-0.39, 0.29) is 10.6 Å². The van der Waals surface area contributed by atoms with E-state index in [4.69, 9.17) is 0 Å². The average molecular weight is 273 g/mol. The van der Waals surface area contributed by atoms with Gasteiger partial charge in [-0.2, -0.15) is 0 Å². The summed E-state index contributed by atoms with van der Waals surface area (Å²) in [7, 11) is 0. The molecule has 0 aliphatic heterocycles. The smallest absolute Gasteiger partial charge is 0.258 e. The van der Waals surface area contributed by atoms with Crippen molar-refractivity contribution in [2.75, 3.05) is 0 Å². The van der Waals surface area contributed by atoms with Crippen LogP contribution in [0.25, 0.3) is 0 Å². The monoisotopic (exact) mass is 273 g/mol. The number of hydrogen-bond donors (Lipinski definition) is 0. The van der Waals surface area contributed by atoms with Gasteiger partial charge in [0.15, 0.2) is 0 Å². The summed E-state index contributed by atoms with van der Waals surface area (Å²) in [5.41, 5.74) is 3.81. The molecule has 98 valence electrons. The average Bonchev–Trinajstić information content (AvgIpc) is 2.40. The van der Waals surface area contributed by atoms with Gasteiger partial charge in [0.1, 0.15) is 0 Å². The lowest BCUT2D eigenvalue weighted by atomic mass is 10.1. The molecule has 0 saturated heterocycles. The Morgan fingerprint density at radius 1 is 1.05 bits per heavy atom. The lowest BCUT2D eigenvalue weighted by Gasteiger charge is -2.05. The van der Waals surface area contributed by atoms with Crippen LogP contribution in [0.3, 0.4) is 0 Å². The van der Waals surface area contributed by atoms with E-state index in [0.717, 1.165) is 11.3 Å². The Kier molecular flexibility index (Phi) is 4.22. The van der Waals surface area contributed by atoms with E-state index >= 15 is 0 Å². The second-order valence-corrected chi connectivity index (χ2v) is 5.51. The highest BCUT2D eigenvalue weighted by Crippen LogP contribution is 2.25. The van der Waals surface area contributed by atoms with Gasteiger partial charge in [0.25, 0.3) is 5.69 Å². The SMILES string of the molecule is Cc1ccc(SCc2ccc([N+](=O)[O-])cc2)cc1C. The predicted octanol–water partition coefficient (Wildman–Crippen LogP) is 4.50. The molecule has 0 heterocycles. The van der Waals surface area contributed by atoms with Crippen molar-refractivity contribution >= 4 is 17.4 Å². The summed E-state index contributed by atoms with van der Waals surface area (Å²) in [6, 6.07) is 13.1. The van der Waals surface area contributed by atoms with Gasteiger partial charge in [-0.3, -0.25) is 10.1 Å². The third kappa shape index (κ3) is 3.58. The zero-order valence-electron chi connectivity index (χ0n) is 10.9. The summed E-state index contributed by atoms with van der Waals surface area (Å²) in [4.78, 5) is 11.4. The lowest BCUT2D eigenvalue weighted by molar-refractivity contribution is -0.384. The van der Waals surface area contributed by atoms with E-state index in [9.17, 15) is 10.1 Å². The van der Waals surface area contributed by atoms with Gasteiger partial charge < -0.3 is 0 Å². The minimum atomic E-state index is -0.375. The Bertz CT molecular complexity index is 594. The topological polar surface area (TPSA) is 43.1 Å². The molecule has 2 aromatic carbocycles. The molecule has 0 spiro atoms. The van der Waals surface area contributed by atoms with Gasteiger partial charge in [0.2, 0.25) is 0 Å². The summed E-state index contributed by atoms with van der Waals surface area (Å²) < 4.78 is 0. The van der Waals surface area contributed by atoms with Gasteiger partial charge in [-0.25, -0.2) is 0 Å². The van der Waals surface area contributed by atoms with Crippen LogP contribution in [0.15, 0.2) is 47.4 Å². The quantitative estimate of drug-likeness (QED) is 0.468. The summed E-state index contributed by atoms with van der Waals surface area (Å²) in [5.74, 6) is 0.820. The van der Waals surface area contributed by atoms with Crippen molar-refractivity contribution in [1.29, 1.82) is 0 Å². The fourth-order valence-electron chi connectivity index (χ4n) is 1.68. The molecule has 0 radical (unpaired) electrons. The molecule has 0 N–H and O–H groups in total. The zero-order chi connectivity index (χ0) is 13.8. The largest absolute Gasteiger partial charge is 0.269 e. The van der Waals surface area contributed by atoms with E-state index in [1.54, 1.807) is 23.9 Å². The van der Waals surface area contributed by atoms with Crippen molar-refractivity contribution in [3.8, 4) is 0 Å². The van der Waals surface area contributed by atoms with Crippen LogP contribution in [0.5, 0.6) is 0 Å². The van der Waals surface area contributed by atoms with E-state index in [1.807, 2.05) is 12.1 Å². The summed E-state index contributed by atoms with van der Waals surface area (Å²) in [6.07, 6.45) is 0. The van der Waals surface area contributed by atoms with Crippen molar-refractivity contribution in [3.63, 3.8) is 0 Å². The first kappa shape index (κ1) is 13.6. The van der Waals surface area contributed by atoms with E-state index in [1.165, 1.54) is 16.0 Å². The van der Waals surface area contributed by atoms with Crippen LogP contribution in [0.2, 0.25) is 0 Å². The fraction of sp³-hybridized carbons (Fsp3) is 0.200. The molecule has 0 saturated carbocycles. The van der Waals surface area contributed by atoms with Gasteiger partial charge in [0, 0.05) is 22.8 Å². The van der Waals surface area contributed by atoms with Gasteiger partial charge in [-0.15, -0.1) is 11.8 Å². The van der Waals surface area contributed by atoms with Crippen LogP contribution < -0.4 is 0 Å². The molecule has 2 rings (SSSR count). The Morgan fingerprint density at radius 3 is 2.32 bits per heavy atom. The highest BCUT2D eigenvalue weighted by molar-refractivity contribution is 7.98. The molecular weight excluding hydrogens is 258 g/mol. The van der Waals surface area contributed by atoms with Gasteiger partial charge in [0.05, 0.1) is 4.92 Å². The molecule has 0 aromatic heterocycles. The first-order valence-electron chi connectivity index (χ1n) is 5.99. The fourth-order valence-corrected chi connectivity index (χ4v) is 2.63. The maximum absolute atomic E-state index is 10.6. The van der Waals surface area contributed by atoms with Crippen molar-refractivity contribution in [2.45, 2.75) is 24.5 Å². The highest BCUT2D eigenvalue weighted by Gasteiger charge is 2.04. The molecule has 2 aromatic rings. The maximum Gasteiger partial charge on any atom is 0.269 e. The minimum absolute atomic E-state index is 0.139. The van der Waals surface area contributed by atoms with Crippen LogP contribution >= 0.6 is 11.8 Å². The van der Waals surface area contributed by atoms with Gasteiger partial charge in [-0.05, 0) is 42.7 Å². The second kappa shape index (κ2) is 5.89. The van der Waals surface area contributed by atoms with Crippen LogP contribution in [0, 0.1) is 24.0 Å². The first-order chi connectivity index (χ1) is 9.06. The number of nitrogens with zero attached hydrogens (tertiary/aromatic N) is 1. The lowest BCUT2D eigenvalue weighted by Crippen LogP contribution is -1.88. The first-order valence-corrected chi connectivity index (χ1v) is 6.98. The number of non-ortho nitro benzene ring substituents is 1. The van der Waals surface area contributed by atoms with E-state index in [2.05, 4.69) is 32.0 Å². The Hall–Kier alpha value is -1.81. The van der Waals surface area contributed by atoms with Crippen molar-refractivity contribution in [3.05, 3.63) is 69.3 Å². The van der Waals surface area contributed by atoms with Crippen LogP contribution in [-0.2, 0) is 5.75 Å². The van der Waals surface area contributed by atoms with Gasteiger partial charge in [-0.1, -0.05) is 18.2 Å². The number of aryl methyl sites for hydroxylation is 2. The molecule has 0 amide bonds. The summed E-state index contributed by atoms with van der Waals surface area (Å²) in [6.45, 7) is 4.20. The predicted molar refractivity (Wildman–Crippen MR) is 78.6 cm³/mol. The normalized spacial score (nSPS) is 10.4. The molecule has 0 aliphatic rings. The Balaban J connectivity index is 2.01. The molecule has 0 fully saturated rings. The maximum atomic E-state index is 10.6. The van der Waals surface area contributed by atoms with E-state index < -0.39 is 0 Å². The molecule has 0 atom stereocenters. The van der Waals surface area contributed by atoms with Crippen LogP contribution in [-0.4, -0.2) is 4.92 Å². The summed E-state index contributed by atoms with van der Waals surface area (Å²) >= 11 is 1.74. The number of hydrogen-bond acceptors (Lipinski definition) is 3. The Labute approximate surface area is 116 Å². The molecule has 0 bridgehead atoms. The van der Waals surface area contributed by atoms with Crippen LogP contribution in [0.4, 0.5) is 5.69 Å². The molecule has 19 heavy (non-hydrogen) atoms. The number of nitro benzene ring substituents is 1. The van der Waals surface area contributed by atoms with E-state index in [0.29, 0.717) is 0 Å². The van der Waals surface area contributed by atoms with Crippen molar-refractivity contribution in [2.24, 2.45) is 0 Å². The molecule has 0 aliphatic carbocycles. The van der Waals surface area contributed by atoms with Gasteiger partial charge >= 0.3 is 0 Å². The molecule has 4 heteroatoms. The second-order valence-electron chi connectivity index (χ2n) is 4.46. The third-order valence-electron chi connectivity index (χ3n) is 3.03. The number of benzene rings is 2. The number of nitro groups is 1. The highest BCUT2D eigenvalue weighted by atomic mass is 32.2. The number of rotatable bonds is 4. The van der Waals surface area contributed by atoms with Crippen LogP contribution in [0.1, 0.15) is 16.7 Å². The van der Waals surface area contributed by atoms with Crippen molar-refractivity contribution < 1.29 is 4.92 Å². The third-order valence-corrected chi connectivity index (χ3v) is 4.10. The molecular formula is C15H15NO2S. The molecule has 0 unspecified atom stereocenters. The standard InChI is InChI=1S/C15H15NO2S/c1-11-3-8-15(9-12(11)2)19-10-13-4-6-14(7-5-13)16(17)18/h3-9H,10H2,1-2H3.